The fraction of sp³-hybridized carbons (Fsp3) is 0.909. The summed E-state index contributed by atoms with van der Waals surface area (Å²) in [6.45, 7) is 3.14. The van der Waals surface area contributed by atoms with E-state index in [0.717, 1.165) is 45.4 Å². The summed E-state index contributed by atoms with van der Waals surface area (Å²) in [6.07, 6.45) is 3.99. The van der Waals surface area contributed by atoms with Gasteiger partial charge in [-0.25, -0.2) is 0 Å². The second-order valence-corrected chi connectivity index (χ2v) is 4.53. The van der Waals surface area contributed by atoms with E-state index in [4.69, 9.17) is 10.5 Å². The predicted octanol–water partition coefficient (Wildman–Crippen LogP) is 0.363. The van der Waals surface area contributed by atoms with Gasteiger partial charge in [-0.15, -0.1) is 0 Å². The van der Waals surface area contributed by atoms with E-state index >= 15 is 0 Å². The van der Waals surface area contributed by atoms with E-state index in [1.165, 1.54) is 0 Å². The number of hydrogen-bond donors (Lipinski definition) is 1. The van der Waals surface area contributed by atoms with Crippen LogP contribution >= 0.6 is 0 Å². The fourth-order valence-electron chi connectivity index (χ4n) is 2.43. The molecule has 0 aromatic carbocycles. The summed E-state index contributed by atoms with van der Waals surface area (Å²) in [7, 11) is 0. The van der Waals surface area contributed by atoms with Crippen LogP contribution in [0.4, 0.5) is 0 Å². The van der Waals surface area contributed by atoms with Gasteiger partial charge >= 0.3 is 0 Å². The summed E-state index contributed by atoms with van der Waals surface area (Å²) >= 11 is 0. The normalized spacial score (nSPS) is 31.9. The maximum Gasteiger partial charge on any atom is 0.251 e. The fourth-order valence-corrected chi connectivity index (χ4v) is 2.43. The minimum atomic E-state index is -0.165. The zero-order valence-corrected chi connectivity index (χ0v) is 9.15. The molecule has 0 bridgehead atoms. The quantitative estimate of drug-likeness (QED) is 0.719. The van der Waals surface area contributed by atoms with Crippen LogP contribution in [0.5, 0.6) is 0 Å². The summed E-state index contributed by atoms with van der Waals surface area (Å²) < 4.78 is 5.41. The molecule has 86 valence electrons. The van der Waals surface area contributed by atoms with Gasteiger partial charge in [0.2, 0.25) is 0 Å². The first kappa shape index (κ1) is 10.9. The Labute approximate surface area is 90.8 Å². The van der Waals surface area contributed by atoms with Crippen molar-refractivity contribution >= 4 is 5.91 Å². The third-order valence-corrected chi connectivity index (χ3v) is 3.37. The summed E-state index contributed by atoms with van der Waals surface area (Å²) in [6, 6.07) is 0. The maximum atomic E-state index is 12.0. The van der Waals surface area contributed by atoms with Gasteiger partial charge in [-0.3, -0.25) is 4.79 Å². The van der Waals surface area contributed by atoms with Crippen LogP contribution in [-0.2, 0) is 9.53 Å². The van der Waals surface area contributed by atoms with Crippen LogP contribution in [0.25, 0.3) is 0 Å². The second kappa shape index (κ2) is 4.94. The molecule has 0 saturated carbocycles. The molecular formula is C11H20N2O2. The number of carbonyl (C=O) groups excluding carboxylic acids is 1. The minimum absolute atomic E-state index is 0.165. The maximum absolute atomic E-state index is 12.0. The number of amides is 1. The van der Waals surface area contributed by atoms with Gasteiger partial charge in [-0.2, -0.15) is 0 Å². The average molecular weight is 212 g/mol. The van der Waals surface area contributed by atoms with Crippen LogP contribution in [0.2, 0.25) is 0 Å². The van der Waals surface area contributed by atoms with Crippen molar-refractivity contribution in [3.05, 3.63) is 0 Å². The number of rotatable bonds is 2. The zero-order chi connectivity index (χ0) is 10.7. The molecule has 2 saturated heterocycles. The lowest BCUT2D eigenvalue weighted by molar-refractivity contribution is -0.142. The Morgan fingerprint density at radius 1 is 1.40 bits per heavy atom. The molecule has 0 radical (unpaired) electrons. The number of piperidine rings is 1. The highest BCUT2D eigenvalue weighted by Crippen LogP contribution is 2.20. The molecule has 0 aliphatic carbocycles. The average Bonchev–Trinajstić information content (AvgIpc) is 2.81. The lowest BCUT2D eigenvalue weighted by Crippen LogP contribution is -2.46. The molecule has 0 aromatic rings. The van der Waals surface area contributed by atoms with Crippen molar-refractivity contribution in [3.63, 3.8) is 0 Å². The van der Waals surface area contributed by atoms with Crippen LogP contribution in [0.1, 0.15) is 25.7 Å². The summed E-state index contributed by atoms with van der Waals surface area (Å²) in [4.78, 5) is 14.0. The number of carbonyl (C=O) groups is 1. The molecule has 2 heterocycles. The number of ether oxygens (including phenoxy) is 1. The first-order valence-electron chi connectivity index (χ1n) is 5.91. The van der Waals surface area contributed by atoms with Crippen molar-refractivity contribution in [1.29, 1.82) is 0 Å². The number of nitrogens with zero attached hydrogens (tertiary/aromatic N) is 1. The molecule has 2 N–H and O–H groups in total. The Hall–Kier alpha value is -0.610. The van der Waals surface area contributed by atoms with Gasteiger partial charge in [0, 0.05) is 19.7 Å². The largest absolute Gasteiger partial charge is 0.368 e. The van der Waals surface area contributed by atoms with Gasteiger partial charge in [-0.05, 0) is 38.1 Å². The molecule has 15 heavy (non-hydrogen) atoms. The van der Waals surface area contributed by atoms with Gasteiger partial charge in [0.25, 0.3) is 5.91 Å². The van der Waals surface area contributed by atoms with Gasteiger partial charge in [-0.1, -0.05) is 0 Å². The highest BCUT2D eigenvalue weighted by Gasteiger charge is 2.30. The molecule has 2 atom stereocenters. The Balaban J connectivity index is 1.88. The van der Waals surface area contributed by atoms with Crippen LogP contribution in [0.3, 0.4) is 0 Å². The van der Waals surface area contributed by atoms with Gasteiger partial charge < -0.3 is 15.4 Å². The number of likely N-dealkylation sites (tertiary alicyclic amines) is 1. The van der Waals surface area contributed by atoms with E-state index in [9.17, 15) is 4.79 Å². The molecule has 2 unspecified atom stereocenters. The van der Waals surface area contributed by atoms with Crippen molar-refractivity contribution in [1.82, 2.24) is 4.90 Å². The van der Waals surface area contributed by atoms with Crippen molar-refractivity contribution in [2.24, 2.45) is 11.7 Å². The molecule has 0 aromatic heterocycles. The molecule has 2 rings (SSSR count). The first-order valence-corrected chi connectivity index (χ1v) is 5.91. The Morgan fingerprint density at radius 3 is 2.93 bits per heavy atom. The van der Waals surface area contributed by atoms with Crippen LogP contribution in [-0.4, -0.2) is 43.2 Å². The molecule has 4 heteroatoms. The smallest absolute Gasteiger partial charge is 0.251 e. The monoisotopic (exact) mass is 212 g/mol. The highest BCUT2D eigenvalue weighted by molar-refractivity contribution is 5.81. The molecule has 0 spiro atoms. The molecule has 1 amide bonds. The van der Waals surface area contributed by atoms with Crippen molar-refractivity contribution in [2.75, 3.05) is 26.2 Å². The van der Waals surface area contributed by atoms with Crippen molar-refractivity contribution in [2.45, 2.75) is 31.8 Å². The van der Waals surface area contributed by atoms with Crippen LogP contribution in [0, 0.1) is 5.92 Å². The highest BCUT2D eigenvalue weighted by atomic mass is 16.5. The van der Waals surface area contributed by atoms with Gasteiger partial charge in [0.15, 0.2) is 0 Å². The van der Waals surface area contributed by atoms with Crippen LogP contribution < -0.4 is 5.73 Å². The predicted molar refractivity (Wildman–Crippen MR) is 57.3 cm³/mol. The second-order valence-electron chi connectivity index (χ2n) is 4.53. The SMILES string of the molecule is NCC1CCCN(C(=O)C2CCCO2)C1. The Morgan fingerprint density at radius 2 is 2.27 bits per heavy atom. The number of nitrogens with two attached hydrogens (primary N) is 1. The van der Waals surface area contributed by atoms with E-state index in [2.05, 4.69) is 0 Å². The molecular weight excluding hydrogens is 192 g/mol. The first-order chi connectivity index (χ1) is 7.31. The molecule has 2 aliphatic heterocycles. The summed E-state index contributed by atoms with van der Waals surface area (Å²) in [5.41, 5.74) is 5.65. The topological polar surface area (TPSA) is 55.6 Å². The van der Waals surface area contributed by atoms with E-state index < -0.39 is 0 Å². The lowest BCUT2D eigenvalue weighted by atomic mass is 9.98. The molecule has 4 nitrogen and oxygen atoms in total. The molecule has 2 fully saturated rings. The molecule has 2 aliphatic rings. The van der Waals surface area contributed by atoms with Crippen LogP contribution in [0.15, 0.2) is 0 Å². The van der Waals surface area contributed by atoms with Crippen molar-refractivity contribution in [3.8, 4) is 0 Å². The van der Waals surface area contributed by atoms with Gasteiger partial charge in [0.1, 0.15) is 6.10 Å². The Bertz CT molecular complexity index is 227. The zero-order valence-electron chi connectivity index (χ0n) is 9.15. The van der Waals surface area contributed by atoms with E-state index in [1.807, 2.05) is 4.90 Å². The lowest BCUT2D eigenvalue weighted by Gasteiger charge is -2.33. The van der Waals surface area contributed by atoms with E-state index in [0.29, 0.717) is 12.5 Å². The van der Waals surface area contributed by atoms with Crippen molar-refractivity contribution < 1.29 is 9.53 Å². The van der Waals surface area contributed by atoms with E-state index in [1.54, 1.807) is 0 Å². The summed E-state index contributed by atoms with van der Waals surface area (Å²) in [5.74, 6) is 0.676. The third kappa shape index (κ3) is 2.49. The minimum Gasteiger partial charge on any atom is -0.368 e. The Kier molecular flexibility index (Phi) is 3.59. The number of hydrogen-bond acceptors (Lipinski definition) is 3. The third-order valence-electron chi connectivity index (χ3n) is 3.37. The van der Waals surface area contributed by atoms with Gasteiger partial charge in [0.05, 0.1) is 0 Å². The summed E-state index contributed by atoms with van der Waals surface area (Å²) in [5, 5.41) is 0. The standard InChI is InChI=1S/C11H20N2O2/c12-7-9-3-1-5-13(8-9)11(14)10-4-2-6-15-10/h9-10H,1-8,12H2. The van der Waals surface area contributed by atoms with E-state index in [-0.39, 0.29) is 12.0 Å².